The van der Waals surface area contributed by atoms with Crippen molar-refractivity contribution in [2.24, 2.45) is 0 Å². The van der Waals surface area contributed by atoms with Gasteiger partial charge in [0, 0.05) is 28.7 Å². The molecular formula is C20H16ClN3O3. The molecule has 0 saturated heterocycles. The van der Waals surface area contributed by atoms with Gasteiger partial charge in [0.05, 0.1) is 17.4 Å². The molecule has 6 nitrogen and oxygen atoms in total. The topological polar surface area (TPSA) is 72.5 Å². The molecule has 0 fully saturated rings. The Kier molecular flexibility index (Phi) is 4.56. The summed E-state index contributed by atoms with van der Waals surface area (Å²) in [7, 11) is 0. The normalized spacial score (nSPS) is 11.9. The molecule has 2 N–H and O–H groups in total. The van der Waals surface area contributed by atoms with Crippen molar-refractivity contribution in [3.63, 3.8) is 0 Å². The maximum Gasteiger partial charge on any atom is 0.257 e. The summed E-state index contributed by atoms with van der Waals surface area (Å²) in [4.78, 5) is 16.7. The zero-order chi connectivity index (χ0) is 18.8. The highest BCUT2D eigenvalue weighted by molar-refractivity contribution is 6.30. The van der Waals surface area contributed by atoms with E-state index in [1.165, 1.54) is 6.20 Å². The van der Waals surface area contributed by atoms with Gasteiger partial charge in [0.2, 0.25) is 6.79 Å². The lowest BCUT2D eigenvalue weighted by molar-refractivity contribution is 0.102. The maximum atomic E-state index is 12.6. The summed E-state index contributed by atoms with van der Waals surface area (Å²) in [6.45, 7) is 2.11. The Hall–Kier alpha value is -3.25. The van der Waals surface area contributed by atoms with Crippen molar-refractivity contribution in [1.29, 1.82) is 0 Å². The Balaban J connectivity index is 1.51. The SMILES string of the molecule is Cc1cc(Cl)ccc1NC(=O)c1cncc(Nc2ccc3c(c2)OCO3)c1. The molecule has 0 aliphatic carbocycles. The molecule has 0 bridgehead atoms. The second kappa shape index (κ2) is 7.17. The zero-order valence-electron chi connectivity index (χ0n) is 14.5. The van der Waals surface area contributed by atoms with Gasteiger partial charge in [-0.15, -0.1) is 0 Å². The van der Waals surface area contributed by atoms with E-state index in [4.69, 9.17) is 21.1 Å². The van der Waals surface area contributed by atoms with Gasteiger partial charge in [-0.05, 0) is 48.9 Å². The number of rotatable bonds is 4. The van der Waals surface area contributed by atoms with E-state index >= 15 is 0 Å². The number of nitrogens with zero attached hydrogens (tertiary/aromatic N) is 1. The minimum atomic E-state index is -0.248. The monoisotopic (exact) mass is 381 g/mol. The highest BCUT2D eigenvalue weighted by atomic mass is 35.5. The summed E-state index contributed by atoms with van der Waals surface area (Å²) in [5.74, 6) is 1.15. The average Bonchev–Trinajstić information content (AvgIpc) is 3.12. The molecule has 3 aromatic rings. The van der Waals surface area contributed by atoms with Gasteiger partial charge < -0.3 is 20.1 Å². The number of nitrogens with one attached hydrogen (secondary N) is 2. The van der Waals surface area contributed by atoms with Crippen molar-refractivity contribution in [1.82, 2.24) is 4.98 Å². The van der Waals surface area contributed by atoms with E-state index in [0.717, 1.165) is 11.3 Å². The quantitative estimate of drug-likeness (QED) is 0.681. The lowest BCUT2D eigenvalue weighted by Gasteiger charge is -2.11. The molecule has 0 atom stereocenters. The van der Waals surface area contributed by atoms with Crippen LogP contribution >= 0.6 is 11.6 Å². The van der Waals surface area contributed by atoms with Crippen LogP contribution in [-0.4, -0.2) is 17.7 Å². The third-order valence-corrected chi connectivity index (χ3v) is 4.33. The van der Waals surface area contributed by atoms with Crippen molar-refractivity contribution < 1.29 is 14.3 Å². The predicted octanol–water partition coefficient (Wildman–Crippen LogP) is 4.77. The minimum Gasteiger partial charge on any atom is -0.454 e. The van der Waals surface area contributed by atoms with Gasteiger partial charge in [0.25, 0.3) is 5.91 Å². The Labute approximate surface area is 161 Å². The smallest absolute Gasteiger partial charge is 0.257 e. The Morgan fingerprint density at radius 3 is 2.74 bits per heavy atom. The fraction of sp³-hybridized carbons (Fsp3) is 0.100. The van der Waals surface area contributed by atoms with Crippen LogP contribution in [0.2, 0.25) is 5.02 Å². The van der Waals surface area contributed by atoms with Crippen LogP contribution in [0.5, 0.6) is 11.5 Å². The van der Waals surface area contributed by atoms with Crippen molar-refractivity contribution >= 4 is 34.6 Å². The van der Waals surface area contributed by atoms with Crippen molar-refractivity contribution in [2.75, 3.05) is 17.4 Å². The number of anilines is 3. The van der Waals surface area contributed by atoms with E-state index in [1.54, 1.807) is 30.5 Å². The number of carbonyl (C=O) groups is 1. The lowest BCUT2D eigenvalue weighted by atomic mass is 10.2. The van der Waals surface area contributed by atoms with Crippen LogP contribution in [-0.2, 0) is 0 Å². The van der Waals surface area contributed by atoms with Gasteiger partial charge in [0.15, 0.2) is 11.5 Å². The largest absolute Gasteiger partial charge is 0.454 e. The van der Waals surface area contributed by atoms with Crippen LogP contribution in [0.15, 0.2) is 54.9 Å². The fourth-order valence-corrected chi connectivity index (χ4v) is 2.96. The number of hydrogen-bond acceptors (Lipinski definition) is 5. The highest BCUT2D eigenvalue weighted by Crippen LogP contribution is 2.35. The number of benzene rings is 2. The predicted molar refractivity (Wildman–Crippen MR) is 104 cm³/mol. The molecule has 0 unspecified atom stereocenters. The van der Waals surface area contributed by atoms with Gasteiger partial charge in [-0.25, -0.2) is 0 Å². The molecular weight excluding hydrogens is 366 g/mol. The number of aryl methyl sites for hydroxylation is 1. The molecule has 1 amide bonds. The summed E-state index contributed by atoms with van der Waals surface area (Å²) in [5, 5.41) is 6.72. The number of ether oxygens (including phenoxy) is 2. The molecule has 2 aromatic carbocycles. The van der Waals surface area contributed by atoms with Gasteiger partial charge in [-0.3, -0.25) is 9.78 Å². The van der Waals surface area contributed by atoms with Crippen molar-refractivity contribution in [3.05, 3.63) is 71.0 Å². The maximum absolute atomic E-state index is 12.6. The third kappa shape index (κ3) is 3.80. The van der Waals surface area contributed by atoms with Crippen molar-refractivity contribution in [2.45, 2.75) is 6.92 Å². The first-order valence-electron chi connectivity index (χ1n) is 8.28. The van der Waals surface area contributed by atoms with Crippen LogP contribution in [0, 0.1) is 6.92 Å². The number of fused-ring (bicyclic) bond motifs is 1. The van der Waals surface area contributed by atoms with E-state index < -0.39 is 0 Å². The summed E-state index contributed by atoms with van der Waals surface area (Å²) in [6.07, 6.45) is 3.17. The Morgan fingerprint density at radius 2 is 1.89 bits per heavy atom. The van der Waals surface area contributed by atoms with E-state index in [1.807, 2.05) is 25.1 Å². The molecule has 1 aromatic heterocycles. The van der Waals surface area contributed by atoms with Crippen LogP contribution in [0.25, 0.3) is 0 Å². The first-order chi connectivity index (χ1) is 13.1. The van der Waals surface area contributed by atoms with Gasteiger partial charge in [-0.2, -0.15) is 0 Å². The second-order valence-corrected chi connectivity index (χ2v) is 6.51. The van der Waals surface area contributed by atoms with Gasteiger partial charge in [-0.1, -0.05) is 11.6 Å². The molecule has 1 aliphatic heterocycles. The lowest BCUT2D eigenvalue weighted by Crippen LogP contribution is -2.13. The molecule has 27 heavy (non-hydrogen) atoms. The summed E-state index contributed by atoms with van der Waals surface area (Å²) < 4.78 is 10.7. The van der Waals surface area contributed by atoms with E-state index in [2.05, 4.69) is 15.6 Å². The third-order valence-electron chi connectivity index (χ3n) is 4.10. The van der Waals surface area contributed by atoms with Gasteiger partial charge >= 0.3 is 0 Å². The first kappa shape index (κ1) is 17.2. The minimum absolute atomic E-state index is 0.222. The fourth-order valence-electron chi connectivity index (χ4n) is 2.74. The van der Waals surface area contributed by atoms with E-state index in [0.29, 0.717) is 33.5 Å². The van der Waals surface area contributed by atoms with E-state index in [9.17, 15) is 4.79 Å². The molecule has 1 aliphatic rings. The van der Waals surface area contributed by atoms with Crippen LogP contribution < -0.4 is 20.1 Å². The summed E-state index contributed by atoms with van der Waals surface area (Å²) >= 11 is 5.96. The number of halogens is 1. The number of amides is 1. The summed E-state index contributed by atoms with van der Waals surface area (Å²) in [6, 6.07) is 12.6. The van der Waals surface area contributed by atoms with Crippen LogP contribution in [0.3, 0.4) is 0 Å². The summed E-state index contributed by atoms with van der Waals surface area (Å²) in [5.41, 5.74) is 3.54. The molecule has 2 heterocycles. The van der Waals surface area contributed by atoms with Gasteiger partial charge in [0.1, 0.15) is 0 Å². The second-order valence-electron chi connectivity index (χ2n) is 6.07. The molecule has 7 heteroatoms. The number of carbonyl (C=O) groups excluding carboxylic acids is 1. The standard InChI is InChI=1S/C20H16ClN3O3/c1-12-6-14(21)2-4-17(12)24-20(25)13-7-16(10-22-9-13)23-15-3-5-18-19(8-15)27-11-26-18/h2-10,23H,11H2,1H3,(H,24,25). The molecule has 0 radical (unpaired) electrons. The first-order valence-corrected chi connectivity index (χ1v) is 8.65. The zero-order valence-corrected chi connectivity index (χ0v) is 15.2. The molecule has 0 saturated carbocycles. The Bertz CT molecular complexity index is 1020. The molecule has 0 spiro atoms. The van der Waals surface area contributed by atoms with Crippen LogP contribution in [0.4, 0.5) is 17.1 Å². The molecule has 4 rings (SSSR count). The Morgan fingerprint density at radius 1 is 1.04 bits per heavy atom. The van der Waals surface area contributed by atoms with Crippen LogP contribution in [0.1, 0.15) is 15.9 Å². The molecule has 136 valence electrons. The van der Waals surface area contributed by atoms with Crippen molar-refractivity contribution in [3.8, 4) is 11.5 Å². The number of aromatic nitrogens is 1. The number of pyridine rings is 1. The highest BCUT2D eigenvalue weighted by Gasteiger charge is 2.14. The number of hydrogen-bond donors (Lipinski definition) is 2. The van der Waals surface area contributed by atoms with E-state index in [-0.39, 0.29) is 12.7 Å². The average molecular weight is 382 g/mol.